The summed E-state index contributed by atoms with van der Waals surface area (Å²) in [4.78, 5) is 30.0. The zero-order valence-corrected chi connectivity index (χ0v) is 18.2. The number of para-hydroxylation sites is 1. The van der Waals surface area contributed by atoms with Crippen molar-refractivity contribution in [3.63, 3.8) is 0 Å². The number of likely N-dealkylation sites (tertiary alicyclic amines) is 1. The van der Waals surface area contributed by atoms with E-state index in [0.29, 0.717) is 18.7 Å². The van der Waals surface area contributed by atoms with Crippen LogP contribution in [0, 0.1) is 5.92 Å². The Kier molecular flexibility index (Phi) is 5.79. The molecular weight excluding hydrogens is 388 g/mol. The number of anilines is 1. The molecule has 1 saturated heterocycles. The first kappa shape index (κ1) is 20.3. The third-order valence-corrected chi connectivity index (χ3v) is 7.37. The Labute approximate surface area is 184 Å². The topological polar surface area (TPSA) is 69.3 Å². The first-order valence-electron chi connectivity index (χ1n) is 12.0. The van der Waals surface area contributed by atoms with Crippen LogP contribution in [0.4, 0.5) is 5.69 Å². The highest BCUT2D eigenvalue weighted by atomic mass is 16.2. The molecule has 2 amide bonds. The highest BCUT2D eigenvalue weighted by molar-refractivity contribution is 6.06. The van der Waals surface area contributed by atoms with E-state index in [-0.39, 0.29) is 17.9 Å². The second kappa shape index (κ2) is 8.85. The van der Waals surface area contributed by atoms with Crippen molar-refractivity contribution < 1.29 is 9.59 Å². The third-order valence-electron chi connectivity index (χ3n) is 7.37. The number of rotatable bonds is 5. The molecule has 1 atom stereocenters. The molecule has 164 valence electrons. The van der Waals surface area contributed by atoms with Gasteiger partial charge in [0.1, 0.15) is 0 Å². The molecule has 2 fully saturated rings. The monoisotopic (exact) mass is 420 g/mol. The van der Waals surface area contributed by atoms with E-state index in [2.05, 4.69) is 16.3 Å². The van der Waals surface area contributed by atoms with E-state index < -0.39 is 0 Å². The van der Waals surface area contributed by atoms with Crippen LogP contribution < -0.4 is 4.90 Å². The van der Waals surface area contributed by atoms with Gasteiger partial charge < -0.3 is 9.80 Å². The van der Waals surface area contributed by atoms with Gasteiger partial charge in [-0.15, -0.1) is 0 Å². The van der Waals surface area contributed by atoms with Crippen molar-refractivity contribution in [1.29, 1.82) is 0 Å². The van der Waals surface area contributed by atoms with Crippen molar-refractivity contribution in [3.8, 4) is 0 Å². The molecule has 1 aromatic heterocycles. The van der Waals surface area contributed by atoms with Crippen LogP contribution in [-0.2, 0) is 11.2 Å². The fraction of sp³-hybridized carbons (Fsp3) is 0.560. The van der Waals surface area contributed by atoms with Crippen LogP contribution in [0.3, 0.4) is 0 Å². The zero-order valence-electron chi connectivity index (χ0n) is 18.2. The number of nitrogens with one attached hydrogen (secondary N) is 1. The lowest BCUT2D eigenvalue weighted by molar-refractivity contribution is -0.135. The second-order valence-corrected chi connectivity index (χ2v) is 9.33. The summed E-state index contributed by atoms with van der Waals surface area (Å²) in [6.07, 6.45) is 10.8. The fourth-order valence-corrected chi connectivity index (χ4v) is 5.63. The summed E-state index contributed by atoms with van der Waals surface area (Å²) in [6.45, 7) is 1.49. The van der Waals surface area contributed by atoms with Crippen LogP contribution in [0.25, 0.3) is 0 Å². The molecule has 2 aliphatic heterocycles. The van der Waals surface area contributed by atoms with Gasteiger partial charge in [0.2, 0.25) is 5.91 Å². The molecule has 1 aliphatic carbocycles. The summed E-state index contributed by atoms with van der Waals surface area (Å²) < 4.78 is 0. The lowest BCUT2D eigenvalue weighted by atomic mass is 9.96. The minimum Gasteiger partial charge on any atom is -0.334 e. The smallest absolute Gasteiger partial charge is 0.278 e. The number of aromatic nitrogens is 2. The second-order valence-electron chi connectivity index (χ2n) is 9.33. The van der Waals surface area contributed by atoms with Crippen LogP contribution in [0.15, 0.2) is 30.3 Å². The average molecular weight is 421 g/mol. The Morgan fingerprint density at radius 2 is 1.84 bits per heavy atom. The SMILES string of the molecule is O=C(c1cc(C2CCCCN2C(=O)CCC2CCCC2)[nH]n1)N1CCc2ccccc21. The minimum absolute atomic E-state index is 0.00439. The molecule has 6 nitrogen and oxygen atoms in total. The Hall–Kier alpha value is -2.63. The number of H-pyrrole nitrogens is 1. The number of aromatic amines is 1. The van der Waals surface area contributed by atoms with Crippen LogP contribution in [-0.4, -0.2) is 40.0 Å². The van der Waals surface area contributed by atoms with Gasteiger partial charge in [0, 0.05) is 25.2 Å². The first-order chi connectivity index (χ1) is 15.2. The van der Waals surface area contributed by atoms with E-state index in [0.717, 1.165) is 55.9 Å². The molecule has 0 radical (unpaired) electrons. The number of carbonyl (C=O) groups is 2. The van der Waals surface area contributed by atoms with Gasteiger partial charge in [0.15, 0.2) is 5.69 Å². The molecule has 3 aliphatic rings. The van der Waals surface area contributed by atoms with Gasteiger partial charge in [-0.1, -0.05) is 43.9 Å². The Morgan fingerprint density at radius 1 is 1.03 bits per heavy atom. The number of carbonyl (C=O) groups excluding carboxylic acids is 2. The first-order valence-corrected chi connectivity index (χ1v) is 12.0. The maximum atomic E-state index is 13.1. The average Bonchev–Trinajstić information content (AvgIpc) is 3.58. The Bertz CT molecular complexity index is 947. The van der Waals surface area contributed by atoms with Gasteiger partial charge in [-0.3, -0.25) is 14.7 Å². The fourth-order valence-electron chi connectivity index (χ4n) is 5.63. The third kappa shape index (κ3) is 4.12. The van der Waals surface area contributed by atoms with Crippen molar-refractivity contribution >= 4 is 17.5 Å². The van der Waals surface area contributed by atoms with E-state index in [4.69, 9.17) is 0 Å². The predicted molar refractivity (Wildman–Crippen MR) is 120 cm³/mol. The van der Waals surface area contributed by atoms with Crippen LogP contribution in [0.1, 0.15) is 85.6 Å². The summed E-state index contributed by atoms with van der Waals surface area (Å²) in [5, 5.41) is 7.45. The van der Waals surface area contributed by atoms with Gasteiger partial charge in [-0.2, -0.15) is 5.10 Å². The van der Waals surface area contributed by atoms with Gasteiger partial charge >= 0.3 is 0 Å². The van der Waals surface area contributed by atoms with Crippen molar-refractivity contribution in [2.45, 2.75) is 70.3 Å². The van der Waals surface area contributed by atoms with Crippen molar-refractivity contribution in [2.75, 3.05) is 18.0 Å². The summed E-state index contributed by atoms with van der Waals surface area (Å²) in [7, 11) is 0. The number of fused-ring (bicyclic) bond motifs is 1. The highest BCUT2D eigenvalue weighted by Gasteiger charge is 2.32. The van der Waals surface area contributed by atoms with E-state index >= 15 is 0 Å². The van der Waals surface area contributed by atoms with Crippen LogP contribution in [0.5, 0.6) is 0 Å². The molecule has 31 heavy (non-hydrogen) atoms. The maximum Gasteiger partial charge on any atom is 0.278 e. The number of piperidine rings is 1. The van der Waals surface area contributed by atoms with E-state index in [9.17, 15) is 9.59 Å². The van der Waals surface area contributed by atoms with Gasteiger partial charge in [0.05, 0.1) is 11.7 Å². The van der Waals surface area contributed by atoms with E-state index in [1.165, 1.54) is 31.2 Å². The summed E-state index contributed by atoms with van der Waals surface area (Å²) in [5.74, 6) is 0.918. The summed E-state index contributed by atoms with van der Waals surface area (Å²) >= 11 is 0. The molecule has 1 aromatic carbocycles. The summed E-state index contributed by atoms with van der Waals surface area (Å²) in [5.41, 5.74) is 3.52. The largest absolute Gasteiger partial charge is 0.334 e. The number of amides is 2. The Balaban J connectivity index is 1.28. The molecule has 1 unspecified atom stereocenters. The molecule has 1 N–H and O–H groups in total. The highest BCUT2D eigenvalue weighted by Crippen LogP contribution is 2.34. The molecule has 0 spiro atoms. The standard InChI is InChI=1S/C25H32N4O2/c30-24(13-12-18-7-1-2-8-18)28-15-6-5-11-23(28)20-17-21(27-26-20)25(31)29-16-14-19-9-3-4-10-22(19)29/h3-4,9-10,17-18,23H,1-2,5-8,11-16H2,(H,26,27). The molecule has 5 rings (SSSR count). The zero-order chi connectivity index (χ0) is 21.2. The molecule has 2 aromatic rings. The molecular formula is C25H32N4O2. The van der Waals surface area contributed by atoms with E-state index in [1.54, 1.807) is 0 Å². The quantitative estimate of drug-likeness (QED) is 0.766. The molecule has 6 heteroatoms. The lowest BCUT2D eigenvalue weighted by Gasteiger charge is -2.35. The number of nitrogens with zero attached hydrogens (tertiary/aromatic N) is 3. The predicted octanol–water partition coefficient (Wildman–Crippen LogP) is 4.64. The summed E-state index contributed by atoms with van der Waals surface area (Å²) in [6, 6.07) is 9.94. The minimum atomic E-state index is -0.0673. The van der Waals surface area contributed by atoms with Crippen molar-refractivity contribution in [2.24, 2.45) is 5.92 Å². The number of hydrogen-bond acceptors (Lipinski definition) is 3. The van der Waals surface area contributed by atoms with Gasteiger partial charge in [-0.05, 0) is 55.7 Å². The lowest BCUT2D eigenvalue weighted by Crippen LogP contribution is -2.38. The van der Waals surface area contributed by atoms with E-state index in [1.807, 2.05) is 34.1 Å². The number of benzene rings is 1. The molecule has 3 heterocycles. The van der Waals surface area contributed by atoms with Gasteiger partial charge in [0.25, 0.3) is 5.91 Å². The normalized spacial score (nSPS) is 21.5. The van der Waals surface area contributed by atoms with Gasteiger partial charge in [-0.25, -0.2) is 0 Å². The molecule has 0 bridgehead atoms. The van der Waals surface area contributed by atoms with Crippen LogP contribution >= 0.6 is 0 Å². The van der Waals surface area contributed by atoms with Crippen molar-refractivity contribution in [1.82, 2.24) is 15.1 Å². The Morgan fingerprint density at radius 3 is 2.71 bits per heavy atom. The number of hydrogen-bond donors (Lipinski definition) is 1. The van der Waals surface area contributed by atoms with Crippen molar-refractivity contribution in [3.05, 3.63) is 47.3 Å². The molecule has 1 saturated carbocycles. The van der Waals surface area contributed by atoms with Crippen LogP contribution in [0.2, 0.25) is 0 Å². The maximum absolute atomic E-state index is 13.1.